The minimum Gasteiger partial charge on any atom is -0.347 e. The Morgan fingerprint density at radius 2 is 1.95 bits per heavy atom. The van der Waals surface area contributed by atoms with Crippen LogP contribution < -0.4 is 5.32 Å². The zero-order valence-corrected chi connectivity index (χ0v) is 13.3. The van der Waals surface area contributed by atoms with Crippen LogP contribution in [0.15, 0.2) is 24.3 Å². The molecule has 0 saturated carbocycles. The predicted molar refractivity (Wildman–Crippen MR) is 83.2 cm³/mol. The maximum absolute atomic E-state index is 6.06. The van der Waals surface area contributed by atoms with Gasteiger partial charge in [0.1, 0.15) is 6.10 Å². The van der Waals surface area contributed by atoms with Gasteiger partial charge in [0.15, 0.2) is 5.79 Å². The van der Waals surface area contributed by atoms with E-state index in [-0.39, 0.29) is 6.10 Å². The maximum Gasteiger partial charge on any atom is 0.163 e. The van der Waals surface area contributed by atoms with Gasteiger partial charge < -0.3 is 14.8 Å². The Morgan fingerprint density at radius 3 is 2.62 bits per heavy atom. The van der Waals surface area contributed by atoms with Crippen LogP contribution in [-0.4, -0.2) is 43.5 Å². The fourth-order valence-electron chi connectivity index (χ4n) is 3.29. The van der Waals surface area contributed by atoms with Gasteiger partial charge >= 0.3 is 0 Å². The molecule has 0 amide bonds. The molecule has 0 bridgehead atoms. The molecule has 0 spiro atoms. The van der Waals surface area contributed by atoms with E-state index in [1.807, 2.05) is 13.8 Å². The van der Waals surface area contributed by atoms with Gasteiger partial charge in [0.05, 0.1) is 6.61 Å². The number of nitrogens with zero attached hydrogens (tertiary/aromatic N) is 1. The van der Waals surface area contributed by atoms with Crippen LogP contribution in [0.1, 0.15) is 44.0 Å². The number of benzene rings is 1. The Bertz CT molecular complexity index is 483. The van der Waals surface area contributed by atoms with E-state index >= 15 is 0 Å². The normalized spacial score (nSPS) is 27.7. The number of hydrogen-bond donors (Lipinski definition) is 1. The van der Waals surface area contributed by atoms with Gasteiger partial charge in [-0.1, -0.05) is 24.3 Å². The zero-order chi connectivity index (χ0) is 14.9. The number of ether oxygens (including phenoxy) is 2. The summed E-state index contributed by atoms with van der Waals surface area (Å²) in [7, 11) is 0. The minimum atomic E-state index is -0.476. The van der Waals surface area contributed by atoms with Crippen LogP contribution in [-0.2, 0) is 9.47 Å². The highest BCUT2D eigenvalue weighted by Gasteiger charge is 2.35. The highest BCUT2D eigenvalue weighted by molar-refractivity contribution is 5.32. The van der Waals surface area contributed by atoms with Crippen LogP contribution in [0.2, 0.25) is 0 Å². The second-order valence-electron chi connectivity index (χ2n) is 6.41. The number of piperazine rings is 1. The first-order valence-corrected chi connectivity index (χ1v) is 7.92. The molecule has 4 heteroatoms. The van der Waals surface area contributed by atoms with Gasteiger partial charge in [0, 0.05) is 32.2 Å². The molecule has 116 valence electrons. The molecule has 2 heterocycles. The molecule has 3 rings (SSSR count). The molecule has 2 aliphatic heterocycles. The summed E-state index contributed by atoms with van der Waals surface area (Å²) in [5.74, 6) is -0.476. The summed E-state index contributed by atoms with van der Waals surface area (Å²) in [6.45, 7) is 11.2. The maximum atomic E-state index is 6.06. The third kappa shape index (κ3) is 3.29. The van der Waals surface area contributed by atoms with Crippen LogP contribution in [0.5, 0.6) is 0 Å². The third-order valence-corrected chi connectivity index (χ3v) is 4.50. The van der Waals surface area contributed by atoms with Crippen molar-refractivity contribution in [3.8, 4) is 0 Å². The van der Waals surface area contributed by atoms with Crippen LogP contribution in [0.25, 0.3) is 0 Å². The van der Waals surface area contributed by atoms with E-state index in [0.29, 0.717) is 12.6 Å². The van der Waals surface area contributed by atoms with E-state index < -0.39 is 5.79 Å². The molecule has 0 radical (unpaired) electrons. The zero-order valence-electron chi connectivity index (χ0n) is 13.3. The van der Waals surface area contributed by atoms with Gasteiger partial charge in [0.25, 0.3) is 0 Å². The standard InChI is InChI=1S/C17H26N2O2/c1-13(19-10-8-18-9-11-19)14-6-4-5-7-15(14)16-12-20-17(2,3)21-16/h4-7,13,16,18H,8-12H2,1-3H3. The fourth-order valence-corrected chi connectivity index (χ4v) is 3.29. The Balaban J connectivity index is 1.82. The van der Waals surface area contributed by atoms with Crippen molar-refractivity contribution in [2.45, 2.75) is 38.7 Å². The van der Waals surface area contributed by atoms with Gasteiger partial charge in [-0.25, -0.2) is 0 Å². The molecule has 2 unspecified atom stereocenters. The average Bonchev–Trinajstić information content (AvgIpc) is 2.87. The van der Waals surface area contributed by atoms with Crippen molar-refractivity contribution in [1.82, 2.24) is 10.2 Å². The van der Waals surface area contributed by atoms with Gasteiger partial charge in [-0.05, 0) is 31.9 Å². The van der Waals surface area contributed by atoms with E-state index in [9.17, 15) is 0 Å². The summed E-state index contributed by atoms with van der Waals surface area (Å²) in [6.07, 6.45) is 0.0431. The van der Waals surface area contributed by atoms with Crippen molar-refractivity contribution in [3.63, 3.8) is 0 Å². The number of nitrogens with one attached hydrogen (secondary N) is 1. The molecule has 21 heavy (non-hydrogen) atoms. The van der Waals surface area contributed by atoms with Gasteiger partial charge in [-0.2, -0.15) is 0 Å². The smallest absolute Gasteiger partial charge is 0.163 e. The highest BCUT2D eigenvalue weighted by Crippen LogP contribution is 2.37. The van der Waals surface area contributed by atoms with E-state index in [1.165, 1.54) is 11.1 Å². The monoisotopic (exact) mass is 290 g/mol. The fraction of sp³-hybridized carbons (Fsp3) is 0.647. The minimum absolute atomic E-state index is 0.0431. The molecule has 2 saturated heterocycles. The summed E-state index contributed by atoms with van der Waals surface area (Å²) < 4.78 is 11.8. The second kappa shape index (κ2) is 6.05. The molecule has 0 aliphatic carbocycles. The molecule has 0 aromatic heterocycles. The van der Waals surface area contributed by atoms with Crippen LogP contribution in [0.3, 0.4) is 0 Å². The van der Waals surface area contributed by atoms with Gasteiger partial charge in [0.2, 0.25) is 0 Å². The third-order valence-electron chi connectivity index (χ3n) is 4.50. The quantitative estimate of drug-likeness (QED) is 0.927. The van der Waals surface area contributed by atoms with Crippen LogP contribution >= 0.6 is 0 Å². The van der Waals surface area contributed by atoms with Crippen LogP contribution in [0.4, 0.5) is 0 Å². The summed E-state index contributed by atoms with van der Waals surface area (Å²) in [5.41, 5.74) is 2.64. The molecule has 2 aliphatic rings. The Hall–Kier alpha value is -0.940. The lowest BCUT2D eigenvalue weighted by atomic mass is 9.96. The van der Waals surface area contributed by atoms with Crippen molar-refractivity contribution in [1.29, 1.82) is 0 Å². The summed E-state index contributed by atoms with van der Waals surface area (Å²) >= 11 is 0. The molecule has 1 N–H and O–H groups in total. The molecular weight excluding hydrogens is 264 g/mol. The van der Waals surface area contributed by atoms with E-state index in [4.69, 9.17) is 9.47 Å². The van der Waals surface area contributed by atoms with Crippen molar-refractivity contribution >= 4 is 0 Å². The van der Waals surface area contributed by atoms with Crippen molar-refractivity contribution in [2.24, 2.45) is 0 Å². The molecular formula is C17H26N2O2. The van der Waals surface area contributed by atoms with E-state index in [1.54, 1.807) is 0 Å². The topological polar surface area (TPSA) is 33.7 Å². The van der Waals surface area contributed by atoms with Crippen molar-refractivity contribution in [2.75, 3.05) is 32.8 Å². The largest absolute Gasteiger partial charge is 0.347 e. The van der Waals surface area contributed by atoms with Crippen LogP contribution in [0, 0.1) is 0 Å². The van der Waals surface area contributed by atoms with Gasteiger partial charge in [-0.3, -0.25) is 4.90 Å². The lowest BCUT2D eigenvalue weighted by molar-refractivity contribution is -0.139. The molecule has 2 fully saturated rings. The highest BCUT2D eigenvalue weighted by atomic mass is 16.7. The summed E-state index contributed by atoms with van der Waals surface area (Å²) in [4.78, 5) is 2.54. The SMILES string of the molecule is CC(c1ccccc1C1COC(C)(C)O1)N1CCNCC1. The lowest BCUT2D eigenvalue weighted by Crippen LogP contribution is -2.44. The molecule has 4 nitrogen and oxygen atoms in total. The summed E-state index contributed by atoms with van der Waals surface area (Å²) in [5, 5.41) is 3.42. The summed E-state index contributed by atoms with van der Waals surface area (Å²) in [6, 6.07) is 9.05. The first-order chi connectivity index (χ1) is 10.1. The molecule has 1 aromatic rings. The molecule has 2 atom stereocenters. The first kappa shape index (κ1) is 15.0. The molecule has 1 aromatic carbocycles. The predicted octanol–water partition coefficient (Wildman–Crippen LogP) is 2.48. The van der Waals surface area contributed by atoms with Crippen molar-refractivity contribution in [3.05, 3.63) is 35.4 Å². The second-order valence-corrected chi connectivity index (χ2v) is 6.41. The van der Waals surface area contributed by atoms with E-state index in [2.05, 4.69) is 41.4 Å². The van der Waals surface area contributed by atoms with E-state index in [0.717, 1.165) is 26.2 Å². The Labute approximate surface area is 127 Å². The Morgan fingerprint density at radius 1 is 1.24 bits per heavy atom. The van der Waals surface area contributed by atoms with Crippen molar-refractivity contribution < 1.29 is 9.47 Å². The average molecular weight is 290 g/mol. The number of hydrogen-bond acceptors (Lipinski definition) is 4. The number of rotatable bonds is 3. The lowest BCUT2D eigenvalue weighted by Gasteiger charge is -2.34. The van der Waals surface area contributed by atoms with Gasteiger partial charge in [-0.15, -0.1) is 0 Å². The Kier molecular flexibility index (Phi) is 4.31. The first-order valence-electron chi connectivity index (χ1n) is 7.92.